The smallest absolute Gasteiger partial charge is 0.247 e. The minimum atomic E-state index is -0.181. The maximum absolute atomic E-state index is 5.49. The van der Waals surface area contributed by atoms with Crippen LogP contribution in [0.4, 0.5) is 0 Å². The van der Waals surface area contributed by atoms with Gasteiger partial charge >= 0.3 is 0 Å². The van der Waals surface area contributed by atoms with Crippen molar-refractivity contribution in [3.05, 3.63) is 18.0 Å². The average Bonchev–Trinajstić information content (AvgIpc) is 3.17. The molecule has 1 aliphatic heterocycles. The summed E-state index contributed by atoms with van der Waals surface area (Å²) in [7, 11) is 1.55. The monoisotopic (exact) mass is 289 g/mol. The quantitative estimate of drug-likeness (QED) is 0.899. The molecule has 1 fully saturated rings. The van der Waals surface area contributed by atoms with Crippen molar-refractivity contribution in [3.8, 4) is 17.4 Å². The normalized spacial score (nSPS) is 21.6. The molecule has 0 aromatic carbocycles. The van der Waals surface area contributed by atoms with Gasteiger partial charge in [-0.3, -0.25) is 0 Å². The fourth-order valence-electron chi connectivity index (χ4n) is 2.81. The highest BCUT2D eigenvalue weighted by molar-refractivity contribution is 5.47. The molecule has 3 rings (SSSR count). The molecular weight excluding hydrogens is 270 g/mol. The van der Waals surface area contributed by atoms with Crippen molar-refractivity contribution in [2.24, 2.45) is 0 Å². The number of aromatic nitrogens is 4. The van der Waals surface area contributed by atoms with Crippen LogP contribution in [0, 0.1) is 0 Å². The van der Waals surface area contributed by atoms with Crippen LogP contribution in [-0.2, 0) is 5.54 Å². The molecule has 0 bridgehead atoms. The molecule has 1 unspecified atom stereocenters. The van der Waals surface area contributed by atoms with E-state index in [2.05, 4.69) is 32.6 Å². The van der Waals surface area contributed by atoms with Crippen molar-refractivity contribution in [3.63, 3.8) is 0 Å². The molecule has 1 aliphatic rings. The molecule has 7 heteroatoms. The van der Waals surface area contributed by atoms with Gasteiger partial charge < -0.3 is 14.6 Å². The fraction of sp³-hybridized carbons (Fsp3) is 0.571. The lowest BCUT2D eigenvalue weighted by Gasteiger charge is -2.24. The summed E-state index contributed by atoms with van der Waals surface area (Å²) >= 11 is 0. The Labute approximate surface area is 123 Å². The highest BCUT2D eigenvalue weighted by atomic mass is 16.5. The third-order valence-corrected chi connectivity index (χ3v) is 3.83. The van der Waals surface area contributed by atoms with Crippen molar-refractivity contribution >= 4 is 0 Å². The Morgan fingerprint density at radius 2 is 2.29 bits per heavy atom. The first kappa shape index (κ1) is 13.9. The maximum Gasteiger partial charge on any atom is 0.247 e. The lowest BCUT2D eigenvalue weighted by atomic mass is 9.92. The number of hydrogen-bond donors (Lipinski definition) is 1. The Kier molecular flexibility index (Phi) is 3.83. The highest BCUT2D eigenvalue weighted by Gasteiger charge is 2.39. The topological polar surface area (TPSA) is 86.0 Å². The molecule has 2 aromatic heterocycles. The number of methoxy groups -OCH3 is 1. The van der Waals surface area contributed by atoms with E-state index in [-0.39, 0.29) is 5.54 Å². The van der Waals surface area contributed by atoms with Crippen LogP contribution in [0.25, 0.3) is 11.5 Å². The zero-order valence-corrected chi connectivity index (χ0v) is 12.3. The number of nitrogens with one attached hydrogen (secondary N) is 1. The van der Waals surface area contributed by atoms with E-state index in [1.165, 1.54) is 0 Å². The first-order chi connectivity index (χ1) is 10.3. The summed E-state index contributed by atoms with van der Waals surface area (Å²) in [6.45, 7) is 3.15. The van der Waals surface area contributed by atoms with Gasteiger partial charge in [-0.05, 0) is 31.9 Å². The molecule has 0 amide bonds. The van der Waals surface area contributed by atoms with Crippen molar-refractivity contribution < 1.29 is 9.26 Å². The van der Waals surface area contributed by atoms with Crippen LogP contribution in [0.5, 0.6) is 5.88 Å². The minimum Gasteiger partial charge on any atom is -0.480 e. The first-order valence-corrected chi connectivity index (χ1v) is 7.25. The van der Waals surface area contributed by atoms with E-state index in [1.807, 2.05) is 0 Å². The fourth-order valence-corrected chi connectivity index (χ4v) is 2.81. The standard InChI is InChI=1S/C14H19N5O2/c1-3-7-14(8-4-9-15-14)13-16-12(19-21-13)10-5-6-11(20-2)18-17-10/h5-6,15H,3-4,7-9H2,1-2H3. The van der Waals surface area contributed by atoms with Gasteiger partial charge in [-0.15, -0.1) is 10.2 Å². The van der Waals surface area contributed by atoms with Crippen LogP contribution in [0.2, 0.25) is 0 Å². The summed E-state index contributed by atoms with van der Waals surface area (Å²) in [5, 5.41) is 15.5. The van der Waals surface area contributed by atoms with Crippen LogP contribution >= 0.6 is 0 Å². The Hall–Kier alpha value is -2.02. The molecule has 1 N–H and O–H groups in total. The van der Waals surface area contributed by atoms with Gasteiger partial charge in [0.25, 0.3) is 0 Å². The summed E-state index contributed by atoms with van der Waals surface area (Å²) < 4.78 is 10.5. The van der Waals surface area contributed by atoms with E-state index in [9.17, 15) is 0 Å². The summed E-state index contributed by atoms with van der Waals surface area (Å²) in [5.41, 5.74) is 0.398. The van der Waals surface area contributed by atoms with E-state index in [4.69, 9.17) is 9.26 Å². The molecule has 2 aromatic rings. The molecular formula is C14H19N5O2. The molecule has 1 atom stereocenters. The van der Waals surface area contributed by atoms with Gasteiger partial charge in [-0.25, -0.2) is 0 Å². The van der Waals surface area contributed by atoms with Gasteiger partial charge in [-0.2, -0.15) is 4.98 Å². The molecule has 21 heavy (non-hydrogen) atoms. The van der Waals surface area contributed by atoms with Gasteiger partial charge in [0.2, 0.25) is 17.6 Å². The summed E-state index contributed by atoms with van der Waals surface area (Å²) in [6, 6.07) is 3.50. The van der Waals surface area contributed by atoms with Crippen molar-refractivity contribution in [2.45, 2.75) is 38.1 Å². The SMILES string of the molecule is CCCC1(c2nc(-c3ccc(OC)nn3)no2)CCCN1. The predicted molar refractivity (Wildman–Crippen MR) is 75.7 cm³/mol. The third-order valence-electron chi connectivity index (χ3n) is 3.83. The molecule has 1 saturated heterocycles. The van der Waals surface area contributed by atoms with Crippen LogP contribution in [0.3, 0.4) is 0 Å². The van der Waals surface area contributed by atoms with E-state index >= 15 is 0 Å². The lowest BCUT2D eigenvalue weighted by molar-refractivity contribution is 0.241. The van der Waals surface area contributed by atoms with Crippen molar-refractivity contribution in [1.82, 2.24) is 25.7 Å². The Balaban J connectivity index is 1.87. The van der Waals surface area contributed by atoms with E-state index in [0.717, 1.165) is 32.2 Å². The summed E-state index contributed by atoms with van der Waals surface area (Å²) in [4.78, 5) is 4.53. The second-order valence-corrected chi connectivity index (χ2v) is 5.25. The molecule has 0 aliphatic carbocycles. The summed E-state index contributed by atoms with van der Waals surface area (Å²) in [6.07, 6.45) is 4.20. The zero-order chi connectivity index (χ0) is 14.7. The molecule has 7 nitrogen and oxygen atoms in total. The molecule has 0 saturated carbocycles. The van der Waals surface area contributed by atoms with Crippen LogP contribution in [-0.4, -0.2) is 34.0 Å². The summed E-state index contributed by atoms with van der Waals surface area (Å²) in [5.74, 6) is 1.57. The van der Waals surface area contributed by atoms with E-state index in [1.54, 1.807) is 19.2 Å². The zero-order valence-electron chi connectivity index (χ0n) is 12.3. The number of hydrogen-bond acceptors (Lipinski definition) is 7. The number of nitrogens with zero attached hydrogens (tertiary/aromatic N) is 4. The predicted octanol–water partition coefficient (Wildman–Crippen LogP) is 1.91. The Morgan fingerprint density at radius 1 is 1.38 bits per heavy atom. The van der Waals surface area contributed by atoms with Gasteiger partial charge in [0.1, 0.15) is 5.69 Å². The Morgan fingerprint density at radius 3 is 2.90 bits per heavy atom. The van der Waals surface area contributed by atoms with Crippen LogP contribution in [0.1, 0.15) is 38.5 Å². The number of rotatable bonds is 5. The van der Waals surface area contributed by atoms with Crippen molar-refractivity contribution in [1.29, 1.82) is 0 Å². The lowest BCUT2D eigenvalue weighted by Crippen LogP contribution is -2.36. The molecule has 3 heterocycles. The van der Waals surface area contributed by atoms with Gasteiger partial charge in [-0.1, -0.05) is 18.5 Å². The van der Waals surface area contributed by atoms with Crippen molar-refractivity contribution in [2.75, 3.05) is 13.7 Å². The van der Waals surface area contributed by atoms with E-state index < -0.39 is 0 Å². The maximum atomic E-state index is 5.49. The minimum absolute atomic E-state index is 0.181. The third kappa shape index (κ3) is 2.61. The number of ether oxygens (including phenoxy) is 1. The van der Waals surface area contributed by atoms with Crippen LogP contribution < -0.4 is 10.1 Å². The average molecular weight is 289 g/mol. The van der Waals surface area contributed by atoms with Gasteiger partial charge in [0.05, 0.1) is 12.6 Å². The van der Waals surface area contributed by atoms with E-state index in [0.29, 0.717) is 23.3 Å². The first-order valence-electron chi connectivity index (χ1n) is 7.25. The molecule has 112 valence electrons. The van der Waals surface area contributed by atoms with Gasteiger partial charge in [0, 0.05) is 6.07 Å². The Bertz CT molecular complexity index is 590. The molecule has 0 radical (unpaired) electrons. The largest absolute Gasteiger partial charge is 0.480 e. The second-order valence-electron chi connectivity index (χ2n) is 5.25. The second kappa shape index (κ2) is 5.77. The van der Waals surface area contributed by atoms with Crippen LogP contribution in [0.15, 0.2) is 16.7 Å². The van der Waals surface area contributed by atoms with Gasteiger partial charge in [0.15, 0.2) is 0 Å². The molecule has 0 spiro atoms. The highest BCUT2D eigenvalue weighted by Crippen LogP contribution is 2.34.